The van der Waals surface area contributed by atoms with Crippen molar-refractivity contribution in [3.05, 3.63) is 112 Å². The van der Waals surface area contributed by atoms with Crippen molar-refractivity contribution >= 4 is 53.2 Å². The number of ether oxygens (including phenoxy) is 1. The van der Waals surface area contributed by atoms with Gasteiger partial charge >= 0.3 is 0 Å². The molecule has 68 heavy (non-hydrogen) atoms. The second kappa shape index (κ2) is 25.6. The van der Waals surface area contributed by atoms with Gasteiger partial charge in [-0.2, -0.15) is 0 Å². The number of unbranched alkanes of at least 4 members (excludes halogenated alkanes) is 1. The van der Waals surface area contributed by atoms with Crippen LogP contribution in [0.2, 0.25) is 5.02 Å². The molecule has 0 spiro atoms. The number of hydrogen-bond donors (Lipinski definition) is 7. The van der Waals surface area contributed by atoms with Crippen LogP contribution in [-0.4, -0.2) is 118 Å². The molecule has 1 heterocycles. The maximum Gasteiger partial charge on any atom is 0.251 e. The Kier molecular flexibility index (Phi) is 19.8. The number of fused-ring (bicyclic) bond motifs is 5. The standard InChI is InChI=1S/C51H63ClN8O8/c1-31(33(3)62)56-49(65)44-28-34-10-11-39(30-61)41(27-34)42-29-38(18-21-45(42)68-26-25-55-24-8-23-54-4)46(50(66)57-32(2)47(63)59-44)60(5)51(67)43(9-6-7-22-53)58-48(64)37-14-12-35(13-15-37)36-16-19-40(52)20-17-36/h10-21,27,29-32,43-44,46,54-55H,6-9,22-26,28,53H2,1-5H3,(H,56,65)(H,57,66)(H,58,64)(H,59,63). The lowest BCUT2D eigenvalue weighted by Crippen LogP contribution is -2.56. The number of halogens is 1. The second-order valence-electron chi connectivity index (χ2n) is 16.9. The molecule has 17 heteroatoms. The summed E-state index contributed by atoms with van der Waals surface area (Å²) < 4.78 is 6.34. The van der Waals surface area contributed by atoms with Gasteiger partial charge in [-0.25, -0.2) is 0 Å². The van der Waals surface area contributed by atoms with E-state index in [9.17, 15) is 33.6 Å². The topological polar surface area (TPSA) is 230 Å². The minimum absolute atomic E-state index is 0.0367. The van der Waals surface area contributed by atoms with Crippen LogP contribution in [0.15, 0.2) is 84.9 Å². The number of benzene rings is 4. The van der Waals surface area contributed by atoms with Crippen molar-refractivity contribution in [1.82, 2.24) is 36.8 Å². The highest BCUT2D eigenvalue weighted by molar-refractivity contribution is 6.30. The number of ketones is 1. The van der Waals surface area contributed by atoms with Gasteiger partial charge in [-0.15, -0.1) is 0 Å². The van der Waals surface area contributed by atoms with Crippen molar-refractivity contribution in [1.29, 1.82) is 0 Å². The summed E-state index contributed by atoms with van der Waals surface area (Å²) in [6.45, 7) is 7.02. The van der Waals surface area contributed by atoms with Crippen LogP contribution in [0.4, 0.5) is 0 Å². The summed E-state index contributed by atoms with van der Waals surface area (Å²) in [5, 5.41) is 18.1. The van der Waals surface area contributed by atoms with Crippen molar-refractivity contribution in [3.8, 4) is 28.0 Å². The highest BCUT2D eigenvalue weighted by Gasteiger charge is 2.36. The molecule has 4 aromatic rings. The molecule has 4 bridgehead atoms. The van der Waals surface area contributed by atoms with Gasteiger partial charge in [0.1, 0.15) is 36.5 Å². The van der Waals surface area contributed by atoms with Gasteiger partial charge in [-0.3, -0.25) is 33.6 Å². The SMILES string of the molecule is CNCCCNCCOc1ccc2cc1-c1cc(ccc1C=O)CC(C(=O)NC(C)C(C)=O)NC(=O)C(C)NC(=O)C2N(C)C(=O)C(CCCCN)NC(=O)c1ccc(-c2ccc(Cl)cc2)cc1. The van der Waals surface area contributed by atoms with Gasteiger partial charge in [0.05, 0.1) is 6.04 Å². The van der Waals surface area contributed by atoms with E-state index in [1.807, 2.05) is 19.2 Å². The lowest BCUT2D eigenvalue weighted by Gasteiger charge is -2.33. The third-order valence-electron chi connectivity index (χ3n) is 11.8. The largest absolute Gasteiger partial charge is 0.492 e. The minimum atomic E-state index is -1.40. The number of amides is 5. The monoisotopic (exact) mass is 950 g/mol. The van der Waals surface area contributed by atoms with E-state index >= 15 is 0 Å². The van der Waals surface area contributed by atoms with E-state index in [0.29, 0.717) is 70.8 Å². The Morgan fingerprint density at radius 3 is 2.24 bits per heavy atom. The van der Waals surface area contributed by atoms with Gasteiger partial charge in [0, 0.05) is 41.7 Å². The smallest absolute Gasteiger partial charge is 0.251 e. The number of carbonyl (C=O) groups is 7. The average molecular weight is 952 g/mol. The Morgan fingerprint density at radius 1 is 0.868 bits per heavy atom. The molecule has 1 aliphatic rings. The maximum absolute atomic E-state index is 14.8. The number of carbonyl (C=O) groups excluding carboxylic acids is 7. The molecular weight excluding hydrogens is 888 g/mol. The van der Waals surface area contributed by atoms with Crippen molar-refractivity contribution < 1.29 is 38.3 Å². The van der Waals surface area contributed by atoms with E-state index in [2.05, 4.69) is 31.9 Å². The lowest BCUT2D eigenvalue weighted by atomic mass is 9.91. The number of rotatable bonds is 21. The molecule has 1 aliphatic heterocycles. The van der Waals surface area contributed by atoms with Crippen molar-refractivity contribution in [3.63, 3.8) is 0 Å². The Bertz CT molecular complexity index is 2410. The highest BCUT2D eigenvalue weighted by Crippen LogP contribution is 2.37. The van der Waals surface area contributed by atoms with Gasteiger partial charge < -0.3 is 47.3 Å². The fraction of sp³-hybridized carbons (Fsp3) is 0.392. The molecule has 0 fully saturated rings. The summed E-state index contributed by atoms with van der Waals surface area (Å²) in [6, 6.07) is 18.4. The van der Waals surface area contributed by atoms with Gasteiger partial charge in [0.25, 0.3) is 5.91 Å². The number of nitrogens with two attached hydrogens (primary N) is 1. The molecule has 5 rings (SSSR count). The molecule has 5 amide bonds. The van der Waals surface area contributed by atoms with Crippen LogP contribution in [0, 0.1) is 0 Å². The van der Waals surface area contributed by atoms with Gasteiger partial charge in [-0.1, -0.05) is 60.1 Å². The van der Waals surface area contributed by atoms with Crippen LogP contribution in [-0.2, 0) is 30.4 Å². The molecule has 0 saturated carbocycles. The van der Waals surface area contributed by atoms with Crippen molar-refractivity contribution in [2.45, 2.75) is 83.1 Å². The van der Waals surface area contributed by atoms with Gasteiger partial charge in [0.2, 0.25) is 23.6 Å². The third-order valence-corrected chi connectivity index (χ3v) is 12.1. The van der Waals surface area contributed by atoms with E-state index in [-0.39, 0.29) is 30.8 Å². The summed E-state index contributed by atoms with van der Waals surface area (Å²) in [6.07, 6.45) is 2.80. The average Bonchev–Trinajstić information content (AvgIpc) is 3.33. The summed E-state index contributed by atoms with van der Waals surface area (Å²) in [5.41, 5.74) is 9.90. The number of Topliss-reactive ketones (excluding diaryl/α,β-unsaturated/α-hetero) is 1. The summed E-state index contributed by atoms with van der Waals surface area (Å²) in [7, 11) is 3.33. The lowest BCUT2D eigenvalue weighted by molar-refractivity contribution is -0.141. The molecule has 362 valence electrons. The van der Waals surface area contributed by atoms with E-state index in [4.69, 9.17) is 22.1 Å². The zero-order valence-corrected chi connectivity index (χ0v) is 40.0. The van der Waals surface area contributed by atoms with Gasteiger partial charge in [-0.05, 0) is 137 Å². The number of nitrogens with one attached hydrogen (secondary N) is 6. The zero-order valence-electron chi connectivity index (χ0n) is 39.3. The molecule has 0 aliphatic carbocycles. The molecule has 5 atom stereocenters. The predicted molar refractivity (Wildman–Crippen MR) is 262 cm³/mol. The van der Waals surface area contributed by atoms with Crippen LogP contribution in [0.25, 0.3) is 22.3 Å². The van der Waals surface area contributed by atoms with E-state index in [0.717, 1.165) is 30.6 Å². The first-order valence-corrected chi connectivity index (χ1v) is 23.3. The predicted octanol–water partition coefficient (Wildman–Crippen LogP) is 4.13. The van der Waals surface area contributed by atoms with E-state index in [1.54, 1.807) is 72.8 Å². The van der Waals surface area contributed by atoms with Crippen LogP contribution >= 0.6 is 11.6 Å². The highest BCUT2D eigenvalue weighted by atomic mass is 35.5. The Hall–Kier alpha value is -6.46. The summed E-state index contributed by atoms with van der Waals surface area (Å²) >= 11 is 6.08. The van der Waals surface area contributed by atoms with Crippen LogP contribution < -0.4 is 42.4 Å². The number of likely N-dealkylation sites (N-methyl/N-ethyl adjacent to an activating group) is 1. The third kappa shape index (κ3) is 14.3. The molecule has 5 unspecified atom stereocenters. The first kappa shape index (κ1) is 52.5. The van der Waals surface area contributed by atoms with Crippen LogP contribution in [0.1, 0.15) is 84.3 Å². The molecule has 8 N–H and O–H groups in total. The molecule has 16 nitrogen and oxygen atoms in total. The number of hydrogen-bond acceptors (Lipinski definition) is 11. The summed E-state index contributed by atoms with van der Waals surface area (Å²) in [4.78, 5) is 97.1. The van der Waals surface area contributed by atoms with Crippen molar-refractivity contribution in [2.75, 3.05) is 46.9 Å². The first-order chi connectivity index (χ1) is 32.6. The zero-order chi connectivity index (χ0) is 49.3. The molecule has 4 aromatic carbocycles. The maximum atomic E-state index is 14.8. The van der Waals surface area contributed by atoms with Crippen LogP contribution in [0.3, 0.4) is 0 Å². The Morgan fingerprint density at radius 2 is 1.57 bits per heavy atom. The number of nitrogens with zero attached hydrogens (tertiary/aromatic N) is 1. The molecule has 0 aromatic heterocycles. The molecule has 0 radical (unpaired) electrons. The Balaban J connectivity index is 1.56. The van der Waals surface area contributed by atoms with E-state index < -0.39 is 59.7 Å². The first-order valence-electron chi connectivity index (χ1n) is 22.9. The normalized spacial score (nSPS) is 16.8. The fourth-order valence-corrected chi connectivity index (χ4v) is 7.88. The molecular formula is C51H63ClN8O8. The van der Waals surface area contributed by atoms with Gasteiger partial charge in [0.15, 0.2) is 12.1 Å². The quantitative estimate of drug-likeness (QED) is 0.0464. The van der Waals surface area contributed by atoms with Crippen LogP contribution in [0.5, 0.6) is 5.75 Å². The molecule has 0 saturated heterocycles. The minimum Gasteiger partial charge on any atom is -0.492 e. The van der Waals surface area contributed by atoms with E-state index in [1.165, 1.54) is 32.7 Å². The summed E-state index contributed by atoms with van der Waals surface area (Å²) in [5.74, 6) is -3.10. The van der Waals surface area contributed by atoms with Crippen molar-refractivity contribution in [2.24, 2.45) is 5.73 Å². The number of aldehydes is 1. The Labute approximate surface area is 402 Å². The second-order valence-corrected chi connectivity index (χ2v) is 17.4. The fourth-order valence-electron chi connectivity index (χ4n) is 7.76.